The Bertz CT molecular complexity index is 1870. The second-order valence-electron chi connectivity index (χ2n) is 13.1. The van der Waals surface area contributed by atoms with Gasteiger partial charge in [0.1, 0.15) is 13.2 Å². The molecule has 0 N–H and O–H groups in total. The van der Waals surface area contributed by atoms with Gasteiger partial charge in [0.15, 0.2) is 0 Å². The zero-order valence-corrected chi connectivity index (χ0v) is 28.4. The summed E-state index contributed by atoms with van der Waals surface area (Å²) < 4.78 is 28.6. The summed E-state index contributed by atoms with van der Waals surface area (Å²) >= 11 is 6.71. The Kier molecular flexibility index (Phi) is 9.74. The molecule has 3 aromatic carbocycles. The number of likely N-dealkylation sites (N-methyl/N-ethyl adjacent to an activating group) is 1. The van der Waals surface area contributed by atoms with Gasteiger partial charge in [-0.25, -0.2) is 9.78 Å². The van der Waals surface area contributed by atoms with Gasteiger partial charge in [-0.2, -0.15) is 9.65 Å². The van der Waals surface area contributed by atoms with Gasteiger partial charge < -0.3 is 29.1 Å². The fraction of sp³-hybridized carbons (Fsp3) is 0.395. The molecule has 7 rings (SSSR count). The number of anilines is 2. The number of halogens is 2. The highest BCUT2D eigenvalue weighted by Gasteiger charge is 2.36. The quantitative estimate of drug-likeness (QED) is 0.201. The van der Waals surface area contributed by atoms with Gasteiger partial charge in [0, 0.05) is 48.9 Å². The highest BCUT2D eigenvalue weighted by atomic mass is 35.5. The first-order valence-electron chi connectivity index (χ1n) is 17.0. The summed E-state index contributed by atoms with van der Waals surface area (Å²) in [4.78, 5) is 26.1. The van der Waals surface area contributed by atoms with E-state index in [0.29, 0.717) is 49.9 Å². The molecule has 1 aromatic heterocycles. The van der Waals surface area contributed by atoms with Crippen LogP contribution < -0.4 is 14.5 Å². The predicted molar refractivity (Wildman–Crippen MR) is 189 cm³/mol. The molecule has 11 heteroatoms. The number of pyridine rings is 1. The largest absolute Gasteiger partial charge is 0.474 e. The molecule has 2 fully saturated rings. The molecule has 0 bridgehead atoms. The SMILES string of the molecule is CN1CCC[C@H]1COc1nc2c(c(N3CCN(C(=O)OCc4ccccc4)[C@@H](CC#N)C3)c1F)CCN(c1cccc3cccc(Cl)c13)C2. The molecule has 3 aliphatic heterocycles. The maximum Gasteiger partial charge on any atom is 0.410 e. The number of aromatic nitrogens is 1. The third-order valence-electron chi connectivity index (χ3n) is 10.1. The average molecular weight is 683 g/mol. The van der Waals surface area contributed by atoms with E-state index in [4.69, 9.17) is 26.1 Å². The van der Waals surface area contributed by atoms with E-state index in [1.54, 1.807) is 4.90 Å². The van der Waals surface area contributed by atoms with Crippen LogP contribution in [0.5, 0.6) is 5.88 Å². The van der Waals surface area contributed by atoms with Crippen LogP contribution in [0.15, 0.2) is 66.7 Å². The molecule has 49 heavy (non-hydrogen) atoms. The van der Waals surface area contributed by atoms with Crippen molar-refractivity contribution in [2.24, 2.45) is 0 Å². The molecule has 0 aliphatic carbocycles. The summed E-state index contributed by atoms with van der Waals surface area (Å²) in [5.74, 6) is -0.495. The lowest BCUT2D eigenvalue weighted by molar-refractivity contribution is 0.0768. The van der Waals surface area contributed by atoms with Crippen molar-refractivity contribution in [3.63, 3.8) is 0 Å². The maximum absolute atomic E-state index is 16.7. The Morgan fingerprint density at radius 3 is 2.61 bits per heavy atom. The Labute approximate surface area is 291 Å². The normalized spacial score (nSPS) is 19.5. The number of rotatable bonds is 8. The Balaban J connectivity index is 1.19. The van der Waals surface area contributed by atoms with Gasteiger partial charge in [-0.05, 0) is 55.9 Å². The van der Waals surface area contributed by atoms with E-state index in [1.165, 1.54) is 0 Å². The van der Waals surface area contributed by atoms with Crippen LogP contribution in [0, 0.1) is 17.1 Å². The van der Waals surface area contributed by atoms with Crippen LogP contribution >= 0.6 is 11.6 Å². The lowest BCUT2D eigenvalue weighted by atomic mass is 9.98. The van der Waals surface area contributed by atoms with Gasteiger partial charge in [0.2, 0.25) is 5.82 Å². The zero-order chi connectivity index (χ0) is 33.9. The number of piperazine rings is 1. The molecule has 2 atom stereocenters. The minimum Gasteiger partial charge on any atom is -0.474 e. The average Bonchev–Trinajstić information content (AvgIpc) is 3.54. The molecule has 0 spiro atoms. The fourth-order valence-corrected chi connectivity index (χ4v) is 7.70. The van der Waals surface area contributed by atoms with Crippen molar-refractivity contribution in [1.82, 2.24) is 14.8 Å². The van der Waals surface area contributed by atoms with Crippen molar-refractivity contribution in [3.05, 3.63) is 94.4 Å². The number of nitrogens with zero attached hydrogens (tertiary/aromatic N) is 6. The van der Waals surface area contributed by atoms with Crippen LogP contribution in [0.3, 0.4) is 0 Å². The third-order valence-corrected chi connectivity index (χ3v) is 10.4. The first-order valence-corrected chi connectivity index (χ1v) is 17.3. The molecule has 4 heterocycles. The van der Waals surface area contributed by atoms with Crippen molar-refractivity contribution >= 4 is 39.8 Å². The monoisotopic (exact) mass is 682 g/mol. The van der Waals surface area contributed by atoms with Crippen LogP contribution in [0.1, 0.15) is 36.1 Å². The van der Waals surface area contributed by atoms with E-state index in [2.05, 4.69) is 41.1 Å². The standard InChI is InChI=1S/C38H40ClFN6O3/c1-43-18-7-12-29(43)25-48-37-35(40)36(45-20-21-46(28(22-45)15-17-41)38(47)49-24-26-8-3-2-4-9-26)30-16-19-44(23-32(30)42-37)33-14-6-11-27-10-5-13-31(39)34(27)33/h2-6,8-11,13-14,28-29H,7,12,15-16,18-25H2,1H3/t28-,29-/m0/s1. The lowest BCUT2D eigenvalue weighted by Crippen LogP contribution is -2.55. The predicted octanol–water partition coefficient (Wildman–Crippen LogP) is 6.80. The summed E-state index contributed by atoms with van der Waals surface area (Å²) in [6.45, 7) is 3.53. The van der Waals surface area contributed by atoms with E-state index in [9.17, 15) is 10.1 Å². The Morgan fingerprint density at radius 1 is 1.02 bits per heavy atom. The number of likely N-dealkylation sites (tertiary alicyclic amines) is 1. The molecule has 1 amide bonds. The minimum atomic E-state index is -0.489. The first-order chi connectivity index (χ1) is 23.9. The fourth-order valence-electron chi connectivity index (χ4n) is 7.43. The van der Waals surface area contributed by atoms with Crippen molar-refractivity contribution in [2.75, 3.05) is 56.2 Å². The van der Waals surface area contributed by atoms with Crippen LogP contribution in [-0.4, -0.2) is 79.3 Å². The summed E-state index contributed by atoms with van der Waals surface area (Å²) in [6.07, 6.45) is 2.25. The zero-order valence-electron chi connectivity index (χ0n) is 27.7. The molecule has 2 saturated heterocycles. The third kappa shape index (κ3) is 6.83. The first kappa shape index (κ1) is 32.9. The molecule has 9 nitrogen and oxygen atoms in total. The second-order valence-corrected chi connectivity index (χ2v) is 13.5. The molecule has 0 radical (unpaired) electrons. The van der Waals surface area contributed by atoms with Crippen LogP contribution in [0.25, 0.3) is 10.8 Å². The van der Waals surface area contributed by atoms with Gasteiger partial charge in [0.25, 0.3) is 5.88 Å². The van der Waals surface area contributed by atoms with E-state index < -0.39 is 18.0 Å². The van der Waals surface area contributed by atoms with Gasteiger partial charge in [-0.3, -0.25) is 0 Å². The van der Waals surface area contributed by atoms with Gasteiger partial charge >= 0.3 is 6.09 Å². The second kappa shape index (κ2) is 14.5. The number of amides is 1. The van der Waals surface area contributed by atoms with E-state index in [1.807, 2.05) is 53.4 Å². The number of ether oxygens (including phenoxy) is 2. The summed E-state index contributed by atoms with van der Waals surface area (Å²) in [5, 5.41) is 12.4. The van der Waals surface area contributed by atoms with Crippen LogP contribution in [0.2, 0.25) is 5.02 Å². The Hall–Kier alpha value is -4.59. The number of carbonyl (C=O) groups excluding carboxylic acids is 1. The highest BCUT2D eigenvalue weighted by molar-refractivity contribution is 6.36. The maximum atomic E-state index is 16.7. The minimum absolute atomic E-state index is 0.00612. The number of hydrogen-bond donors (Lipinski definition) is 0. The summed E-state index contributed by atoms with van der Waals surface area (Å²) in [7, 11) is 2.07. The van der Waals surface area contributed by atoms with Crippen molar-refractivity contribution < 1.29 is 18.7 Å². The van der Waals surface area contributed by atoms with Crippen molar-refractivity contribution in [1.29, 1.82) is 5.26 Å². The van der Waals surface area contributed by atoms with E-state index in [-0.39, 0.29) is 31.5 Å². The van der Waals surface area contributed by atoms with E-state index in [0.717, 1.165) is 52.7 Å². The number of hydrogen-bond acceptors (Lipinski definition) is 8. The topological polar surface area (TPSA) is 85.2 Å². The van der Waals surface area contributed by atoms with Crippen LogP contribution in [-0.2, 0) is 24.3 Å². The molecular weight excluding hydrogens is 643 g/mol. The highest BCUT2D eigenvalue weighted by Crippen LogP contribution is 2.40. The summed E-state index contributed by atoms with van der Waals surface area (Å²) in [5.41, 5.74) is 3.93. The number of carbonyl (C=O) groups is 1. The molecule has 3 aliphatic rings. The molecule has 0 unspecified atom stereocenters. The molecule has 254 valence electrons. The van der Waals surface area contributed by atoms with E-state index >= 15 is 4.39 Å². The van der Waals surface area contributed by atoms with Gasteiger partial charge in [-0.15, -0.1) is 0 Å². The van der Waals surface area contributed by atoms with Gasteiger partial charge in [-0.1, -0.05) is 66.2 Å². The van der Waals surface area contributed by atoms with Crippen molar-refractivity contribution in [2.45, 2.75) is 50.9 Å². The molecule has 4 aromatic rings. The van der Waals surface area contributed by atoms with Crippen LogP contribution in [0.4, 0.5) is 20.6 Å². The molecule has 0 saturated carbocycles. The lowest BCUT2D eigenvalue weighted by Gasteiger charge is -2.42. The molecular formula is C38H40ClFN6O3. The number of benzene rings is 3. The Morgan fingerprint density at radius 2 is 1.84 bits per heavy atom. The van der Waals surface area contributed by atoms with Gasteiger partial charge in [0.05, 0.1) is 41.5 Å². The smallest absolute Gasteiger partial charge is 0.410 e. The number of nitriles is 1. The summed E-state index contributed by atoms with van der Waals surface area (Å²) in [6, 6.07) is 23.5. The van der Waals surface area contributed by atoms with Crippen molar-refractivity contribution in [3.8, 4) is 11.9 Å². The number of fused-ring (bicyclic) bond motifs is 2.